The van der Waals surface area contributed by atoms with E-state index in [-0.39, 0.29) is 5.33 Å². The fraction of sp³-hybridized carbons (Fsp3) is 0.375. The van der Waals surface area contributed by atoms with Crippen molar-refractivity contribution in [3.05, 3.63) is 27.5 Å². The maximum Gasteiger partial charge on any atom is 0.574 e. The molecule has 1 aromatic heterocycles. The molecular formula is C8H5BrF5NO2. The van der Waals surface area contributed by atoms with Gasteiger partial charge in [-0.2, -0.15) is 0 Å². The molecular weight excluding hydrogens is 317 g/mol. The Balaban J connectivity index is 3.27. The summed E-state index contributed by atoms with van der Waals surface area (Å²) in [4.78, 5) is 13.3. The lowest BCUT2D eigenvalue weighted by Gasteiger charge is -2.12. The third-order valence-corrected chi connectivity index (χ3v) is 2.32. The van der Waals surface area contributed by atoms with E-state index < -0.39 is 35.2 Å². The lowest BCUT2D eigenvalue weighted by atomic mass is 10.2. The zero-order chi connectivity index (χ0) is 13.2. The maximum absolute atomic E-state index is 12.3. The van der Waals surface area contributed by atoms with Crippen molar-refractivity contribution in [1.29, 1.82) is 0 Å². The number of rotatable bonds is 3. The molecule has 96 valence electrons. The molecule has 1 aromatic rings. The highest BCUT2D eigenvalue weighted by Crippen LogP contribution is 2.25. The van der Waals surface area contributed by atoms with Crippen molar-refractivity contribution in [2.75, 3.05) is 0 Å². The number of aromatic nitrogens is 1. The van der Waals surface area contributed by atoms with Gasteiger partial charge in [-0.1, -0.05) is 15.9 Å². The molecule has 1 rings (SSSR count). The number of hydrogen-bond donors (Lipinski definition) is 1. The summed E-state index contributed by atoms with van der Waals surface area (Å²) in [5.74, 6) is -0.899. The fourth-order valence-electron chi connectivity index (χ4n) is 1.06. The van der Waals surface area contributed by atoms with Gasteiger partial charge in [-0.25, -0.2) is 8.78 Å². The number of pyridine rings is 1. The number of ether oxygens (including phenoxy) is 1. The summed E-state index contributed by atoms with van der Waals surface area (Å²) >= 11 is 2.74. The molecule has 0 aliphatic carbocycles. The van der Waals surface area contributed by atoms with Crippen molar-refractivity contribution in [3.8, 4) is 5.88 Å². The van der Waals surface area contributed by atoms with Gasteiger partial charge in [0.05, 0.1) is 11.1 Å². The minimum Gasteiger partial charge on any atom is -0.389 e. The Morgan fingerprint density at radius 2 is 2.00 bits per heavy atom. The van der Waals surface area contributed by atoms with E-state index in [0.717, 1.165) is 0 Å². The Hall–Kier alpha value is -1.12. The van der Waals surface area contributed by atoms with Gasteiger partial charge in [0.1, 0.15) is 0 Å². The van der Waals surface area contributed by atoms with Gasteiger partial charge < -0.3 is 9.72 Å². The van der Waals surface area contributed by atoms with Crippen molar-refractivity contribution in [1.82, 2.24) is 4.98 Å². The topological polar surface area (TPSA) is 42.1 Å². The summed E-state index contributed by atoms with van der Waals surface area (Å²) in [5.41, 5.74) is -2.64. The normalized spacial score (nSPS) is 11.9. The minimum atomic E-state index is -5.01. The zero-order valence-corrected chi connectivity index (χ0v) is 9.53. The molecule has 0 saturated heterocycles. The molecule has 0 aromatic carbocycles. The van der Waals surface area contributed by atoms with Gasteiger partial charge in [0.15, 0.2) is 5.43 Å². The Morgan fingerprint density at radius 1 is 1.41 bits per heavy atom. The summed E-state index contributed by atoms with van der Waals surface area (Å²) in [6, 6.07) is 0. The highest BCUT2D eigenvalue weighted by molar-refractivity contribution is 9.08. The lowest BCUT2D eigenvalue weighted by molar-refractivity contribution is -0.276. The minimum absolute atomic E-state index is 0.339. The number of aromatic amines is 1. The van der Waals surface area contributed by atoms with Crippen LogP contribution in [0.15, 0.2) is 11.0 Å². The number of alkyl halides is 6. The van der Waals surface area contributed by atoms with Crippen molar-refractivity contribution >= 4 is 15.9 Å². The Bertz CT molecular complexity index is 456. The molecule has 0 radical (unpaired) electrons. The quantitative estimate of drug-likeness (QED) is 0.686. The third-order valence-electron chi connectivity index (χ3n) is 1.76. The summed E-state index contributed by atoms with van der Waals surface area (Å²) in [5, 5.41) is -0.339. The van der Waals surface area contributed by atoms with Crippen LogP contribution in [-0.4, -0.2) is 11.3 Å². The Morgan fingerprint density at radius 3 is 2.41 bits per heavy atom. The molecule has 1 N–H and O–H groups in total. The van der Waals surface area contributed by atoms with Crippen LogP contribution in [0, 0.1) is 0 Å². The maximum atomic E-state index is 12.3. The number of hydrogen-bond acceptors (Lipinski definition) is 2. The SMILES string of the molecule is O=c1c(C(F)F)c[nH]c(OC(F)(F)F)c1CBr. The second-order valence-electron chi connectivity index (χ2n) is 2.86. The second kappa shape index (κ2) is 5.03. The summed E-state index contributed by atoms with van der Waals surface area (Å²) in [6.07, 6.45) is -7.58. The van der Waals surface area contributed by atoms with Crippen LogP contribution in [0.1, 0.15) is 17.6 Å². The van der Waals surface area contributed by atoms with Crippen LogP contribution in [0.5, 0.6) is 5.88 Å². The molecule has 17 heavy (non-hydrogen) atoms. The number of H-pyrrole nitrogens is 1. The van der Waals surface area contributed by atoms with Crippen molar-refractivity contribution in [2.45, 2.75) is 18.1 Å². The molecule has 0 amide bonds. The van der Waals surface area contributed by atoms with Gasteiger partial charge in [-0.05, 0) is 0 Å². The molecule has 0 bridgehead atoms. The average Bonchev–Trinajstić information content (AvgIpc) is 2.15. The second-order valence-corrected chi connectivity index (χ2v) is 3.42. The number of halogens is 6. The summed E-state index contributed by atoms with van der Waals surface area (Å²) in [6.45, 7) is 0. The molecule has 0 unspecified atom stereocenters. The first-order chi connectivity index (χ1) is 7.76. The molecule has 3 nitrogen and oxygen atoms in total. The van der Waals surface area contributed by atoms with Gasteiger partial charge in [-0.15, -0.1) is 13.2 Å². The van der Waals surface area contributed by atoms with E-state index in [1.807, 2.05) is 4.98 Å². The van der Waals surface area contributed by atoms with Crippen molar-refractivity contribution in [3.63, 3.8) is 0 Å². The first-order valence-electron chi connectivity index (χ1n) is 4.10. The van der Waals surface area contributed by atoms with E-state index in [1.165, 1.54) is 0 Å². The van der Waals surface area contributed by atoms with Crippen LogP contribution < -0.4 is 10.2 Å². The number of nitrogens with one attached hydrogen (secondary N) is 1. The van der Waals surface area contributed by atoms with Crippen LogP contribution in [0.25, 0.3) is 0 Å². The highest BCUT2D eigenvalue weighted by Gasteiger charge is 2.33. The molecule has 0 spiro atoms. The standard InChI is InChI=1S/C8H5BrF5NO2/c9-1-3-5(16)4(6(10)11)2-15-7(3)17-8(12,13)14/h2,6H,1H2,(H,15,16). The fourth-order valence-corrected chi connectivity index (χ4v) is 1.57. The van der Waals surface area contributed by atoms with E-state index >= 15 is 0 Å². The van der Waals surface area contributed by atoms with Crippen LogP contribution in [0.2, 0.25) is 0 Å². The molecule has 9 heteroatoms. The summed E-state index contributed by atoms with van der Waals surface area (Å²) < 4.78 is 64.0. The first kappa shape index (κ1) is 13.9. The molecule has 0 atom stereocenters. The molecule has 0 aliphatic heterocycles. The van der Waals surface area contributed by atoms with E-state index in [0.29, 0.717) is 6.20 Å². The Labute approximate surface area is 99.7 Å². The van der Waals surface area contributed by atoms with Crippen LogP contribution in [0.4, 0.5) is 22.0 Å². The predicted octanol–water partition coefficient (Wildman–Crippen LogP) is 3.11. The molecule has 1 heterocycles. The van der Waals surface area contributed by atoms with Gasteiger partial charge in [-0.3, -0.25) is 4.79 Å². The molecule has 0 saturated carbocycles. The largest absolute Gasteiger partial charge is 0.574 e. The van der Waals surface area contributed by atoms with E-state index in [1.54, 1.807) is 0 Å². The molecule has 0 fully saturated rings. The highest BCUT2D eigenvalue weighted by atomic mass is 79.9. The van der Waals surface area contributed by atoms with Crippen LogP contribution in [-0.2, 0) is 5.33 Å². The van der Waals surface area contributed by atoms with Gasteiger partial charge in [0.25, 0.3) is 6.43 Å². The van der Waals surface area contributed by atoms with Crippen molar-refractivity contribution in [2.24, 2.45) is 0 Å². The van der Waals surface area contributed by atoms with Crippen molar-refractivity contribution < 1.29 is 26.7 Å². The monoisotopic (exact) mass is 321 g/mol. The van der Waals surface area contributed by atoms with E-state index in [9.17, 15) is 26.7 Å². The van der Waals surface area contributed by atoms with Crippen LogP contribution in [0.3, 0.4) is 0 Å². The average molecular weight is 322 g/mol. The third kappa shape index (κ3) is 3.42. The first-order valence-corrected chi connectivity index (χ1v) is 5.22. The van der Waals surface area contributed by atoms with Crippen LogP contribution >= 0.6 is 15.9 Å². The van der Waals surface area contributed by atoms with E-state index in [4.69, 9.17) is 0 Å². The molecule has 0 aliphatic rings. The lowest BCUT2D eigenvalue weighted by Crippen LogP contribution is -2.23. The van der Waals surface area contributed by atoms with Gasteiger partial charge in [0.2, 0.25) is 5.88 Å². The smallest absolute Gasteiger partial charge is 0.389 e. The Kier molecular flexibility index (Phi) is 4.12. The van der Waals surface area contributed by atoms with Gasteiger partial charge >= 0.3 is 6.36 Å². The zero-order valence-electron chi connectivity index (χ0n) is 7.95. The summed E-state index contributed by atoms with van der Waals surface area (Å²) in [7, 11) is 0. The van der Waals surface area contributed by atoms with Gasteiger partial charge in [0, 0.05) is 11.5 Å². The van der Waals surface area contributed by atoms with E-state index in [2.05, 4.69) is 20.7 Å². The predicted molar refractivity (Wildman–Crippen MR) is 51.3 cm³/mol.